The molecule has 0 unspecified atom stereocenters. The Morgan fingerprint density at radius 2 is 2.12 bits per heavy atom. The zero-order valence-corrected chi connectivity index (χ0v) is 10.9. The van der Waals surface area contributed by atoms with Gasteiger partial charge in [0.05, 0.1) is 5.69 Å². The van der Waals surface area contributed by atoms with Crippen molar-refractivity contribution in [3.63, 3.8) is 0 Å². The zero-order valence-electron chi connectivity index (χ0n) is 8.49. The predicted octanol–water partition coefficient (Wildman–Crippen LogP) is 3.08. The molecule has 0 aliphatic rings. The molecule has 1 rings (SSSR count). The fourth-order valence-electron chi connectivity index (χ4n) is 0.868. The van der Waals surface area contributed by atoms with E-state index in [-0.39, 0.29) is 10.8 Å². The molecule has 82 valence electrons. The summed E-state index contributed by atoms with van der Waals surface area (Å²) >= 11 is 4.50. The lowest BCUT2D eigenvalue weighted by atomic mass is 10.3. The summed E-state index contributed by atoms with van der Waals surface area (Å²) in [5.41, 5.74) is 3.58. The Hall–Kier alpha value is -1.32. The number of nitrogens with one attached hydrogen (secondary N) is 2. The SMILES string of the molecule is CSC(=N)/C(C#N)=N/Nc1ccc(Br)cc1. The Morgan fingerprint density at radius 1 is 1.50 bits per heavy atom. The Morgan fingerprint density at radius 3 is 2.62 bits per heavy atom. The lowest BCUT2D eigenvalue weighted by Crippen LogP contribution is -2.08. The maximum atomic E-state index is 8.77. The van der Waals surface area contributed by atoms with E-state index in [2.05, 4.69) is 26.5 Å². The van der Waals surface area contributed by atoms with Gasteiger partial charge in [-0.05, 0) is 30.5 Å². The van der Waals surface area contributed by atoms with Crippen LogP contribution in [0, 0.1) is 16.7 Å². The molecule has 0 saturated heterocycles. The van der Waals surface area contributed by atoms with Gasteiger partial charge in [-0.2, -0.15) is 10.4 Å². The molecule has 0 radical (unpaired) electrons. The number of anilines is 1. The van der Waals surface area contributed by atoms with Gasteiger partial charge < -0.3 is 0 Å². The molecular formula is C10H9BrN4S. The first kappa shape index (κ1) is 12.7. The van der Waals surface area contributed by atoms with Gasteiger partial charge in [0.15, 0.2) is 5.71 Å². The Balaban J connectivity index is 2.75. The van der Waals surface area contributed by atoms with Crippen molar-refractivity contribution in [3.8, 4) is 6.07 Å². The second kappa shape index (κ2) is 6.30. The summed E-state index contributed by atoms with van der Waals surface area (Å²) in [6, 6.07) is 9.25. The maximum absolute atomic E-state index is 8.77. The van der Waals surface area contributed by atoms with Crippen molar-refractivity contribution >= 4 is 44.1 Å². The predicted molar refractivity (Wildman–Crippen MR) is 72.1 cm³/mol. The first-order valence-electron chi connectivity index (χ1n) is 4.29. The topological polar surface area (TPSA) is 72.0 Å². The molecule has 0 aliphatic carbocycles. The van der Waals surface area contributed by atoms with Gasteiger partial charge in [-0.15, -0.1) is 11.8 Å². The van der Waals surface area contributed by atoms with Gasteiger partial charge in [0, 0.05) is 4.47 Å². The molecule has 0 spiro atoms. The maximum Gasteiger partial charge on any atom is 0.192 e. The van der Waals surface area contributed by atoms with Gasteiger partial charge in [0.2, 0.25) is 0 Å². The van der Waals surface area contributed by atoms with E-state index in [1.165, 1.54) is 11.8 Å². The summed E-state index contributed by atoms with van der Waals surface area (Å²) in [6.45, 7) is 0. The number of halogens is 1. The Labute approximate surface area is 106 Å². The fourth-order valence-corrected chi connectivity index (χ4v) is 1.42. The van der Waals surface area contributed by atoms with E-state index in [0.29, 0.717) is 0 Å². The fraction of sp³-hybridized carbons (Fsp3) is 0.100. The average molecular weight is 297 g/mol. The first-order chi connectivity index (χ1) is 7.67. The summed E-state index contributed by atoms with van der Waals surface area (Å²) < 4.78 is 0.972. The van der Waals surface area contributed by atoms with Gasteiger partial charge in [0.25, 0.3) is 0 Å². The van der Waals surface area contributed by atoms with Gasteiger partial charge in [-0.1, -0.05) is 15.9 Å². The minimum atomic E-state index is 0.0791. The van der Waals surface area contributed by atoms with Crippen LogP contribution in [-0.4, -0.2) is 17.0 Å². The molecule has 1 aromatic carbocycles. The van der Waals surface area contributed by atoms with Gasteiger partial charge in [-0.25, -0.2) is 0 Å². The van der Waals surface area contributed by atoms with E-state index in [1.54, 1.807) is 6.26 Å². The highest BCUT2D eigenvalue weighted by molar-refractivity contribution is 9.10. The normalized spacial score (nSPS) is 10.7. The minimum Gasteiger partial charge on any atom is -0.291 e. The smallest absolute Gasteiger partial charge is 0.192 e. The van der Waals surface area contributed by atoms with E-state index in [4.69, 9.17) is 10.7 Å². The number of nitriles is 1. The summed E-state index contributed by atoms with van der Waals surface area (Å²) in [5, 5.41) is 20.2. The molecule has 0 heterocycles. The zero-order chi connectivity index (χ0) is 12.0. The van der Waals surface area contributed by atoms with E-state index >= 15 is 0 Å². The van der Waals surface area contributed by atoms with Crippen LogP contribution < -0.4 is 5.43 Å². The minimum absolute atomic E-state index is 0.0791. The van der Waals surface area contributed by atoms with E-state index < -0.39 is 0 Å². The van der Waals surface area contributed by atoms with E-state index in [1.807, 2.05) is 30.3 Å². The van der Waals surface area contributed by atoms with Crippen molar-refractivity contribution in [3.05, 3.63) is 28.7 Å². The van der Waals surface area contributed by atoms with Crippen LogP contribution in [0.3, 0.4) is 0 Å². The lowest BCUT2D eigenvalue weighted by Gasteiger charge is -2.01. The number of rotatable bonds is 3. The standard InChI is InChI=1S/C10H9BrN4S/c1-16-10(13)9(6-12)15-14-8-4-2-7(11)3-5-8/h2-5,13-14H,1H3/b13-10?,15-9+. The summed E-state index contributed by atoms with van der Waals surface area (Å²) in [6.07, 6.45) is 1.73. The molecular weight excluding hydrogens is 288 g/mol. The summed E-state index contributed by atoms with van der Waals surface area (Å²) in [5.74, 6) is 0. The van der Waals surface area contributed by atoms with E-state index in [0.717, 1.165) is 10.2 Å². The van der Waals surface area contributed by atoms with Crippen molar-refractivity contribution in [1.82, 2.24) is 0 Å². The third-order valence-corrected chi connectivity index (χ3v) is 2.80. The van der Waals surface area contributed by atoms with Gasteiger partial charge in [0.1, 0.15) is 11.1 Å². The highest BCUT2D eigenvalue weighted by Crippen LogP contribution is 2.14. The molecule has 0 fully saturated rings. The van der Waals surface area contributed by atoms with Crippen LogP contribution in [0.25, 0.3) is 0 Å². The van der Waals surface area contributed by atoms with E-state index in [9.17, 15) is 0 Å². The van der Waals surface area contributed by atoms with Crippen molar-refractivity contribution in [2.24, 2.45) is 5.10 Å². The molecule has 0 saturated carbocycles. The lowest BCUT2D eigenvalue weighted by molar-refractivity contribution is 1.34. The molecule has 16 heavy (non-hydrogen) atoms. The molecule has 0 aliphatic heterocycles. The van der Waals surface area contributed by atoms with Gasteiger partial charge >= 0.3 is 0 Å². The third-order valence-electron chi connectivity index (χ3n) is 1.67. The molecule has 2 N–H and O–H groups in total. The van der Waals surface area contributed by atoms with Crippen LogP contribution in [0.15, 0.2) is 33.8 Å². The van der Waals surface area contributed by atoms with Crippen LogP contribution in [0.4, 0.5) is 5.69 Å². The molecule has 0 amide bonds. The number of benzene rings is 1. The quantitative estimate of drug-likeness (QED) is 0.511. The number of hydrogen-bond acceptors (Lipinski definition) is 5. The third kappa shape index (κ3) is 3.68. The molecule has 0 bridgehead atoms. The van der Waals surface area contributed by atoms with Gasteiger partial charge in [-0.3, -0.25) is 10.8 Å². The summed E-state index contributed by atoms with van der Waals surface area (Å²) in [7, 11) is 0. The number of thioether (sulfide) groups is 1. The highest BCUT2D eigenvalue weighted by atomic mass is 79.9. The Kier molecular flexibility index (Phi) is 5.02. The molecule has 4 nitrogen and oxygen atoms in total. The summed E-state index contributed by atoms with van der Waals surface area (Å²) in [4.78, 5) is 0. The second-order valence-corrected chi connectivity index (χ2v) is 4.46. The average Bonchev–Trinajstić information content (AvgIpc) is 2.31. The number of nitrogens with zero attached hydrogens (tertiary/aromatic N) is 2. The van der Waals surface area contributed by atoms with Crippen LogP contribution in [0.2, 0.25) is 0 Å². The molecule has 6 heteroatoms. The van der Waals surface area contributed by atoms with Crippen molar-refractivity contribution in [1.29, 1.82) is 10.7 Å². The van der Waals surface area contributed by atoms with Crippen LogP contribution in [0.1, 0.15) is 0 Å². The van der Waals surface area contributed by atoms with Crippen molar-refractivity contribution in [2.45, 2.75) is 0 Å². The monoisotopic (exact) mass is 296 g/mol. The number of hydrogen-bond donors (Lipinski definition) is 2. The number of hydrazone groups is 1. The van der Waals surface area contributed by atoms with Crippen LogP contribution >= 0.6 is 27.7 Å². The second-order valence-electron chi connectivity index (χ2n) is 2.72. The molecule has 0 atom stereocenters. The Bertz CT molecular complexity index is 447. The van der Waals surface area contributed by atoms with Crippen molar-refractivity contribution in [2.75, 3.05) is 11.7 Å². The first-order valence-corrected chi connectivity index (χ1v) is 6.31. The molecule has 1 aromatic rings. The van der Waals surface area contributed by atoms with Crippen LogP contribution in [0.5, 0.6) is 0 Å². The van der Waals surface area contributed by atoms with Crippen LogP contribution in [-0.2, 0) is 0 Å². The molecule has 0 aromatic heterocycles. The highest BCUT2D eigenvalue weighted by Gasteiger charge is 2.04. The largest absolute Gasteiger partial charge is 0.291 e. The van der Waals surface area contributed by atoms with Crippen molar-refractivity contribution < 1.29 is 0 Å².